The van der Waals surface area contributed by atoms with Crippen molar-refractivity contribution < 1.29 is 4.74 Å². The van der Waals surface area contributed by atoms with Crippen molar-refractivity contribution in [1.82, 2.24) is 9.97 Å². The van der Waals surface area contributed by atoms with E-state index in [0.29, 0.717) is 0 Å². The van der Waals surface area contributed by atoms with Crippen LogP contribution in [0.2, 0.25) is 0 Å². The third kappa shape index (κ3) is 2.64. The van der Waals surface area contributed by atoms with Gasteiger partial charge in [0.1, 0.15) is 5.60 Å². The minimum absolute atomic E-state index is 0.125. The van der Waals surface area contributed by atoms with Crippen LogP contribution in [0.25, 0.3) is 0 Å². The monoisotopic (exact) mass is 235 g/mol. The molecular weight excluding hydrogens is 214 g/mol. The van der Waals surface area contributed by atoms with Crippen molar-refractivity contribution >= 4 is 0 Å². The van der Waals surface area contributed by atoms with E-state index < -0.39 is 0 Å². The highest BCUT2D eigenvalue weighted by Crippen LogP contribution is 2.39. The quantitative estimate of drug-likeness (QED) is 0.864. The molecule has 4 nitrogen and oxygen atoms in total. The fraction of sp³-hybridized carbons (Fsp3) is 0.692. The van der Waals surface area contributed by atoms with Crippen LogP contribution in [-0.4, -0.2) is 23.1 Å². The summed E-state index contributed by atoms with van der Waals surface area (Å²) >= 11 is 0. The highest BCUT2D eigenvalue weighted by atomic mass is 16.5. The first-order valence-corrected chi connectivity index (χ1v) is 6.29. The number of methoxy groups -OCH3 is 1. The molecule has 17 heavy (non-hydrogen) atoms. The van der Waals surface area contributed by atoms with E-state index in [2.05, 4.69) is 9.97 Å². The van der Waals surface area contributed by atoms with Crippen molar-refractivity contribution in [1.29, 1.82) is 0 Å². The summed E-state index contributed by atoms with van der Waals surface area (Å²) in [7, 11) is 1.76. The van der Waals surface area contributed by atoms with Crippen molar-refractivity contribution in [2.24, 2.45) is 5.73 Å². The average Bonchev–Trinajstić information content (AvgIpc) is 2.78. The van der Waals surface area contributed by atoms with Gasteiger partial charge < -0.3 is 10.5 Å². The Labute approximate surface area is 103 Å². The molecule has 1 fully saturated rings. The Bertz CT molecular complexity index is 373. The molecule has 1 aliphatic carbocycles. The van der Waals surface area contributed by atoms with E-state index in [0.717, 1.165) is 30.8 Å². The van der Waals surface area contributed by atoms with Gasteiger partial charge in [-0.25, -0.2) is 9.97 Å². The molecule has 1 heterocycles. The third-order valence-corrected chi connectivity index (χ3v) is 3.45. The first kappa shape index (κ1) is 12.5. The lowest BCUT2D eigenvalue weighted by molar-refractivity contribution is -0.0164. The van der Waals surface area contributed by atoms with Crippen LogP contribution in [0, 0.1) is 0 Å². The zero-order chi connectivity index (χ0) is 12.3. The Morgan fingerprint density at radius 2 is 2.18 bits per heavy atom. The minimum Gasteiger partial charge on any atom is -0.370 e. The number of aromatic nitrogens is 2. The number of rotatable bonds is 4. The number of hydrogen-bond acceptors (Lipinski definition) is 4. The highest BCUT2D eigenvalue weighted by molar-refractivity contribution is 5.11. The summed E-state index contributed by atoms with van der Waals surface area (Å²) in [5.41, 5.74) is 6.55. The van der Waals surface area contributed by atoms with Crippen molar-refractivity contribution in [3.8, 4) is 0 Å². The zero-order valence-corrected chi connectivity index (χ0v) is 10.6. The summed E-state index contributed by atoms with van der Waals surface area (Å²) in [4.78, 5) is 9.02. The number of nitrogens with zero attached hydrogens (tertiary/aromatic N) is 2. The Hall–Kier alpha value is -1.00. The molecular formula is C13H21N3O. The van der Waals surface area contributed by atoms with Gasteiger partial charge in [-0.1, -0.05) is 0 Å². The van der Waals surface area contributed by atoms with Crippen LogP contribution in [0.1, 0.15) is 44.1 Å². The van der Waals surface area contributed by atoms with Crippen molar-refractivity contribution in [2.45, 2.75) is 50.7 Å². The van der Waals surface area contributed by atoms with Crippen LogP contribution < -0.4 is 5.73 Å². The summed E-state index contributed by atoms with van der Waals surface area (Å²) in [6.07, 6.45) is 7.02. The van der Waals surface area contributed by atoms with Crippen molar-refractivity contribution in [2.75, 3.05) is 7.11 Å². The zero-order valence-electron chi connectivity index (χ0n) is 10.6. The molecule has 2 N–H and O–H groups in total. The second kappa shape index (κ2) is 5.10. The lowest BCUT2D eigenvalue weighted by Gasteiger charge is -2.25. The Morgan fingerprint density at radius 3 is 2.76 bits per heavy atom. The van der Waals surface area contributed by atoms with E-state index >= 15 is 0 Å². The molecule has 0 saturated heterocycles. The molecule has 1 aromatic rings. The summed E-state index contributed by atoms with van der Waals surface area (Å²) in [5.74, 6) is 0.829. The molecule has 0 aliphatic heterocycles. The van der Waals surface area contributed by atoms with Gasteiger partial charge in [-0.05, 0) is 38.7 Å². The first-order valence-electron chi connectivity index (χ1n) is 6.29. The molecule has 0 radical (unpaired) electrons. The highest BCUT2D eigenvalue weighted by Gasteiger charge is 2.38. The lowest BCUT2D eigenvalue weighted by Crippen LogP contribution is -2.28. The van der Waals surface area contributed by atoms with Gasteiger partial charge in [-0.15, -0.1) is 0 Å². The predicted molar refractivity (Wildman–Crippen MR) is 66.5 cm³/mol. The first-order chi connectivity index (χ1) is 8.16. The molecule has 1 saturated carbocycles. The minimum atomic E-state index is -0.256. The summed E-state index contributed by atoms with van der Waals surface area (Å²) in [6.45, 7) is 1.99. The second-order valence-corrected chi connectivity index (χ2v) is 4.96. The average molecular weight is 235 g/mol. The molecule has 0 amide bonds. The maximum absolute atomic E-state index is 5.80. The van der Waals surface area contributed by atoms with Gasteiger partial charge >= 0.3 is 0 Å². The van der Waals surface area contributed by atoms with Gasteiger partial charge in [0.15, 0.2) is 5.82 Å². The predicted octanol–water partition coefficient (Wildman–Crippen LogP) is 1.78. The van der Waals surface area contributed by atoms with Gasteiger partial charge in [-0.2, -0.15) is 0 Å². The van der Waals surface area contributed by atoms with Gasteiger partial charge in [0.25, 0.3) is 0 Å². The summed E-state index contributed by atoms with van der Waals surface area (Å²) < 4.78 is 5.69. The number of nitrogens with two attached hydrogens (primary N) is 1. The fourth-order valence-corrected chi connectivity index (χ4v) is 2.52. The maximum atomic E-state index is 5.80. The number of hydrogen-bond donors (Lipinski definition) is 1. The Morgan fingerprint density at radius 1 is 1.47 bits per heavy atom. The largest absolute Gasteiger partial charge is 0.370 e. The van der Waals surface area contributed by atoms with E-state index in [1.165, 1.54) is 12.8 Å². The van der Waals surface area contributed by atoms with Crippen LogP contribution in [-0.2, 0) is 16.8 Å². The van der Waals surface area contributed by atoms with E-state index in [-0.39, 0.29) is 11.6 Å². The Balaban J connectivity index is 2.25. The summed E-state index contributed by atoms with van der Waals surface area (Å²) in [5, 5.41) is 0. The van der Waals surface area contributed by atoms with Crippen LogP contribution in [0.5, 0.6) is 0 Å². The van der Waals surface area contributed by atoms with Crippen LogP contribution in [0.15, 0.2) is 12.3 Å². The molecule has 0 bridgehead atoms. The SMILES string of the molecule is COC1(c2nccc(CC(C)N)n2)CCCC1. The smallest absolute Gasteiger partial charge is 0.160 e. The number of ether oxygens (including phenoxy) is 1. The molecule has 0 spiro atoms. The van der Waals surface area contributed by atoms with Crippen LogP contribution >= 0.6 is 0 Å². The van der Waals surface area contributed by atoms with Gasteiger partial charge in [0, 0.05) is 31.5 Å². The molecule has 94 valence electrons. The molecule has 1 unspecified atom stereocenters. The second-order valence-electron chi connectivity index (χ2n) is 4.96. The molecule has 4 heteroatoms. The normalized spacial score (nSPS) is 20.4. The molecule has 0 aromatic carbocycles. The van der Waals surface area contributed by atoms with Crippen molar-refractivity contribution in [3.05, 3.63) is 23.8 Å². The molecule has 1 aliphatic rings. The fourth-order valence-electron chi connectivity index (χ4n) is 2.52. The van der Waals surface area contributed by atoms with Crippen LogP contribution in [0.4, 0.5) is 0 Å². The van der Waals surface area contributed by atoms with Crippen molar-refractivity contribution in [3.63, 3.8) is 0 Å². The van der Waals surface area contributed by atoms with E-state index in [1.54, 1.807) is 7.11 Å². The van der Waals surface area contributed by atoms with E-state index in [1.807, 2.05) is 19.2 Å². The van der Waals surface area contributed by atoms with Gasteiger partial charge in [0.2, 0.25) is 0 Å². The van der Waals surface area contributed by atoms with Crippen LogP contribution in [0.3, 0.4) is 0 Å². The standard InChI is InChI=1S/C13H21N3O/c1-10(14)9-11-5-8-15-12(16-11)13(17-2)6-3-4-7-13/h5,8,10H,3-4,6-7,9,14H2,1-2H3. The topological polar surface area (TPSA) is 61.0 Å². The lowest BCUT2D eigenvalue weighted by atomic mass is 10.0. The van der Waals surface area contributed by atoms with Gasteiger partial charge in [0.05, 0.1) is 0 Å². The summed E-state index contributed by atoms with van der Waals surface area (Å²) in [6, 6.07) is 2.06. The molecule has 1 aromatic heterocycles. The molecule has 1 atom stereocenters. The van der Waals surface area contributed by atoms with E-state index in [4.69, 9.17) is 10.5 Å². The molecule has 2 rings (SSSR count). The third-order valence-electron chi connectivity index (χ3n) is 3.45. The maximum Gasteiger partial charge on any atom is 0.160 e. The Kier molecular flexibility index (Phi) is 3.74. The van der Waals surface area contributed by atoms with E-state index in [9.17, 15) is 0 Å². The van der Waals surface area contributed by atoms with Gasteiger partial charge in [-0.3, -0.25) is 0 Å².